The van der Waals surface area contributed by atoms with Gasteiger partial charge in [-0.15, -0.1) is 0 Å². The standard InChI is InChI=1S/C25H18BrCl2NO3S2/c1-2-31-21-11-16(10-18(26)23(21)32-14-15-6-4-3-5-7-15)12-22-24(30)29(25(33)34-22)17-8-9-19(27)20(28)13-17/h3-13H,2,14H2,1H3/b22-12-. The zero-order chi connectivity index (χ0) is 24.2. The molecular formula is C25H18BrCl2NO3S2. The number of anilines is 1. The van der Waals surface area contributed by atoms with Crippen molar-refractivity contribution in [2.75, 3.05) is 11.5 Å². The van der Waals surface area contributed by atoms with E-state index in [0.717, 1.165) is 15.6 Å². The van der Waals surface area contributed by atoms with Gasteiger partial charge in [-0.05, 0) is 70.4 Å². The second-order valence-electron chi connectivity index (χ2n) is 7.15. The summed E-state index contributed by atoms with van der Waals surface area (Å²) in [5.74, 6) is 0.956. The quantitative estimate of drug-likeness (QED) is 0.204. The van der Waals surface area contributed by atoms with Crippen LogP contribution >= 0.6 is 63.1 Å². The fraction of sp³-hybridized carbons (Fsp3) is 0.120. The Labute approximate surface area is 226 Å². The van der Waals surface area contributed by atoms with Crippen molar-refractivity contribution in [1.29, 1.82) is 0 Å². The summed E-state index contributed by atoms with van der Waals surface area (Å²) in [5, 5.41) is 0.767. The molecular weight excluding hydrogens is 577 g/mol. The third-order valence-electron chi connectivity index (χ3n) is 4.81. The number of nitrogens with zero attached hydrogens (tertiary/aromatic N) is 1. The number of ether oxygens (including phenoxy) is 2. The molecule has 0 bridgehead atoms. The van der Waals surface area contributed by atoms with Gasteiger partial charge in [0.25, 0.3) is 5.91 Å². The van der Waals surface area contributed by atoms with E-state index in [-0.39, 0.29) is 5.91 Å². The van der Waals surface area contributed by atoms with Crippen LogP contribution in [0.25, 0.3) is 6.08 Å². The van der Waals surface area contributed by atoms with Crippen LogP contribution in [-0.4, -0.2) is 16.8 Å². The molecule has 3 aromatic carbocycles. The molecule has 9 heteroatoms. The van der Waals surface area contributed by atoms with Gasteiger partial charge >= 0.3 is 0 Å². The predicted octanol–water partition coefficient (Wildman–Crippen LogP) is 8.14. The van der Waals surface area contributed by atoms with Crippen molar-refractivity contribution in [3.8, 4) is 11.5 Å². The molecule has 0 spiro atoms. The van der Waals surface area contributed by atoms with Gasteiger partial charge in [0, 0.05) is 0 Å². The Hall–Kier alpha value is -2.03. The number of carbonyl (C=O) groups excluding carboxylic acids is 1. The van der Waals surface area contributed by atoms with E-state index in [2.05, 4.69) is 15.9 Å². The number of rotatable bonds is 7. The van der Waals surface area contributed by atoms with Gasteiger partial charge in [-0.2, -0.15) is 0 Å². The smallest absolute Gasteiger partial charge is 0.270 e. The molecule has 4 rings (SSSR count). The Morgan fingerprint density at radius 3 is 2.53 bits per heavy atom. The number of hydrogen-bond donors (Lipinski definition) is 0. The molecule has 34 heavy (non-hydrogen) atoms. The van der Waals surface area contributed by atoms with Crippen molar-refractivity contribution < 1.29 is 14.3 Å². The molecule has 0 atom stereocenters. The fourth-order valence-corrected chi connectivity index (χ4v) is 5.44. The summed E-state index contributed by atoms with van der Waals surface area (Å²) < 4.78 is 13.0. The van der Waals surface area contributed by atoms with Crippen LogP contribution < -0.4 is 14.4 Å². The van der Waals surface area contributed by atoms with E-state index >= 15 is 0 Å². The Kier molecular flexibility index (Phi) is 8.22. The molecule has 1 aliphatic rings. The van der Waals surface area contributed by atoms with Crippen molar-refractivity contribution >= 4 is 85.1 Å². The zero-order valence-electron chi connectivity index (χ0n) is 17.9. The zero-order valence-corrected chi connectivity index (χ0v) is 22.6. The third-order valence-corrected chi connectivity index (χ3v) is 7.44. The van der Waals surface area contributed by atoms with E-state index in [1.807, 2.05) is 49.4 Å². The van der Waals surface area contributed by atoms with Gasteiger partial charge in [0.1, 0.15) is 6.61 Å². The molecule has 4 nitrogen and oxygen atoms in total. The number of thioether (sulfide) groups is 1. The molecule has 1 fully saturated rings. The number of benzene rings is 3. The SMILES string of the molecule is CCOc1cc(/C=C2\SC(=S)N(c3ccc(Cl)c(Cl)c3)C2=O)cc(Br)c1OCc1ccccc1. The molecule has 0 saturated carbocycles. The van der Waals surface area contributed by atoms with Crippen LogP contribution in [0.4, 0.5) is 5.69 Å². The van der Waals surface area contributed by atoms with E-state index < -0.39 is 0 Å². The lowest BCUT2D eigenvalue weighted by atomic mass is 10.1. The molecule has 0 unspecified atom stereocenters. The molecule has 1 aliphatic heterocycles. The molecule has 1 saturated heterocycles. The normalized spacial score (nSPS) is 14.7. The van der Waals surface area contributed by atoms with Gasteiger partial charge in [-0.3, -0.25) is 9.69 Å². The molecule has 1 heterocycles. The molecule has 174 valence electrons. The summed E-state index contributed by atoms with van der Waals surface area (Å²) in [6.07, 6.45) is 1.78. The minimum atomic E-state index is -0.230. The lowest BCUT2D eigenvalue weighted by Gasteiger charge is -2.15. The first-order valence-electron chi connectivity index (χ1n) is 10.2. The lowest BCUT2D eigenvalue weighted by molar-refractivity contribution is -0.113. The molecule has 0 aliphatic carbocycles. The Bertz CT molecular complexity index is 1280. The first-order valence-corrected chi connectivity index (χ1v) is 13.0. The first-order chi connectivity index (χ1) is 16.4. The molecule has 3 aromatic rings. The maximum absolute atomic E-state index is 13.1. The summed E-state index contributed by atoms with van der Waals surface area (Å²) in [6.45, 7) is 2.78. The largest absolute Gasteiger partial charge is 0.490 e. The molecule has 0 aromatic heterocycles. The van der Waals surface area contributed by atoms with Crippen LogP contribution in [0.15, 0.2) is 70.0 Å². The summed E-state index contributed by atoms with van der Waals surface area (Å²) in [6, 6.07) is 18.6. The van der Waals surface area contributed by atoms with Crippen LogP contribution in [0.3, 0.4) is 0 Å². The predicted molar refractivity (Wildman–Crippen MR) is 148 cm³/mol. The van der Waals surface area contributed by atoms with Crippen molar-refractivity contribution in [1.82, 2.24) is 0 Å². The summed E-state index contributed by atoms with van der Waals surface area (Å²) >= 11 is 22.4. The summed E-state index contributed by atoms with van der Waals surface area (Å²) in [5.41, 5.74) is 2.39. The Morgan fingerprint density at radius 1 is 1.06 bits per heavy atom. The average Bonchev–Trinajstić information content (AvgIpc) is 3.08. The van der Waals surface area contributed by atoms with Gasteiger partial charge in [0.2, 0.25) is 0 Å². The number of hydrogen-bond acceptors (Lipinski definition) is 5. The molecule has 1 amide bonds. The van der Waals surface area contributed by atoms with Crippen molar-refractivity contribution in [2.24, 2.45) is 0 Å². The highest BCUT2D eigenvalue weighted by Gasteiger charge is 2.33. The summed E-state index contributed by atoms with van der Waals surface area (Å²) in [4.78, 5) is 15.1. The second-order valence-corrected chi connectivity index (χ2v) is 10.5. The van der Waals surface area contributed by atoms with E-state index in [4.69, 9.17) is 44.9 Å². The fourth-order valence-electron chi connectivity index (χ4n) is 3.27. The monoisotopic (exact) mass is 593 g/mol. The minimum Gasteiger partial charge on any atom is -0.490 e. The topological polar surface area (TPSA) is 38.8 Å². The van der Waals surface area contributed by atoms with E-state index in [1.54, 1.807) is 24.3 Å². The van der Waals surface area contributed by atoms with Crippen molar-refractivity contribution in [2.45, 2.75) is 13.5 Å². The minimum absolute atomic E-state index is 0.230. The van der Waals surface area contributed by atoms with Crippen molar-refractivity contribution in [3.05, 3.63) is 91.2 Å². The highest BCUT2D eigenvalue weighted by Crippen LogP contribution is 2.41. The van der Waals surface area contributed by atoms with Crippen LogP contribution in [-0.2, 0) is 11.4 Å². The van der Waals surface area contributed by atoms with E-state index in [1.165, 1.54) is 16.7 Å². The van der Waals surface area contributed by atoms with Gasteiger partial charge in [-0.25, -0.2) is 0 Å². The molecule has 0 radical (unpaired) electrons. The second kappa shape index (κ2) is 11.1. The Morgan fingerprint density at radius 2 is 1.82 bits per heavy atom. The van der Waals surface area contributed by atoms with Gasteiger partial charge < -0.3 is 9.47 Å². The third kappa shape index (κ3) is 5.61. The van der Waals surface area contributed by atoms with Crippen molar-refractivity contribution in [3.63, 3.8) is 0 Å². The number of thiocarbonyl (C=S) groups is 1. The van der Waals surface area contributed by atoms with E-state index in [9.17, 15) is 4.79 Å². The van der Waals surface area contributed by atoms with Gasteiger partial charge in [-0.1, -0.05) is 77.5 Å². The summed E-state index contributed by atoms with van der Waals surface area (Å²) in [7, 11) is 0. The van der Waals surface area contributed by atoms with E-state index in [0.29, 0.717) is 49.7 Å². The first kappa shape index (κ1) is 25.1. The average molecular weight is 595 g/mol. The Balaban J connectivity index is 1.61. The van der Waals surface area contributed by atoms with Crippen LogP contribution in [0.5, 0.6) is 11.5 Å². The van der Waals surface area contributed by atoms with Crippen LogP contribution in [0, 0.1) is 0 Å². The van der Waals surface area contributed by atoms with Crippen LogP contribution in [0.2, 0.25) is 10.0 Å². The highest BCUT2D eigenvalue weighted by molar-refractivity contribution is 9.10. The lowest BCUT2D eigenvalue weighted by Crippen LogP contribution is -2.27. The molecule has 0 N–H and O–H groups in total. The highest BCUT2D eigenvalue weighted by atomic mass is 79.9. The van der Waals surface area contributed by atoms with Crippen LogP contribution in [0.1, 0.15) is 18.1 Å². The number of amides is 1. The maximum Gasteiger partial charge on any atom is 0.270 e. The van der Waals surface area contributed by atoms with Gasteiger partial charge in [0.15, 0.2) is 15.8 Å². The number of carbonyl (C=O) groups is 1. The maximum atomic E-state index is 13.1. The van der Waals surface area contributed by atoms with Gasteiger partial charge in [0.05, 0.1) is 31.7 Å². The number of halogens is 3.